The van der Waals surface area contributed by atoms with Gasteiger partial charge in [-0.05, 0) is 56.8 Å². The highest BCUT2D eigenvalue weighted by molar-refractivity contribution is 6.08. The van der Waals surface area contributed by atoms with Gasteiger partial charge in [0.25, 0.3) is 11.8 Å². The monoisotopic (exact) mass is 432 g/mol. The smallest absolute Gasteiger partial charge is 0.277 e. The summed E-state index contributed by atoms with van der Waals surface area (Å²) in [5.41, 5.74) is 1.29. The molecule has 2 aromatic rings. The molecule has 1 aromatic carbocycles. The van der Waals surface area contributed by atoms with Crippen LogP contribution in [0.5, 0.6) is 0 Å². The van der Waals surface area contributed by atoms with Gasteiger partial charge in [0.15, 0.2) is 5.69 Å². The zero-order chi connectivity index (χ0) is 20.2. The van der Waals surface area contributed by atoms with Crippen molar-refractivity contribution in [3.05, 3.63) is 41.7 Å². The molecule has 30 heavy (non-hydrogen) atoms. The number of carbonyl (C=O) groups excluding carboxylic acids is 2. The molecule has 9 heteroatoms. The highest BCUT2D eigenvalue weighted by atomic mass is 35.5. The lowest BCUT2D eigenvalue weighted by Crippen LogP contribution is -2.38. The highest BCUT2D eigenvalue weighted by Gasteiger charge is 2.24. The summed E-state index contributed by atoms with van der Waals surface area (Å²) in [7, 11) is 0. The topological polar surface area (TPSA) is 92.2 Å². The summed E-state index contributed by atoms with van der Waals surface area (Å²) in [5.74, 6) is 0.264. The van der Waals surface area contributed by atoms with Crippen molar-refractivity contribution in [3.63, 3.8) is 0 Å². The number of benzene rings is 1. The summed E-state index contributed by atoms with van der Waals surface area (Å²) in [5, 5.41) is 14.4. The average molecular weight is 433 g/mol. The van der Waals surface area contributed by atoms with Gasteiger partial charge in [-0.15, -0.1) is 17.5 Å². The lowest BCUT2D eigenvalue weighted by atomic mass is 9.98. The number of nitrogens with one attached hydrogen (secondary N) is 2. The Balaban J connectivity index is 0.00000256. The van der Waals surface area contributed by atoms with Gasteiger partial charge in [-0.1, -0.05) is 24.3 Å². The van der Waals surface area contributed by atoms with Crippen LogP contribution < -0.4 is 10.6 Å². The summed E-state index contributed by atoms with van der Waals surface area (Å²) in [6.07, 6.45) is 5.66. The molecule has 0 unspecified atom stereocenters. The number of rotatable bonds is 4. The Morgan fingerprint density at radius 1 is 1.10 bits per heavy atom. The van der Waals surface area contributed by atoms with E-state index in [0.717, 1.165) is 51.9 Å². The maximum Gasteiger partial charge on any atom is 0.277 e. The van der Waals surface area contributed by atoms with Crippen LogP contribution in [0.2, 0.25) is 0 Å². The average Bonchev–Trinajstić information content (AvgIpc) is 3.25. The maximum atomic E-state index is 13.0. The Labute approximate surface area is 182 Å². The summed E-state index contributed by atoms with van der Waals surface area (Å²) in [4.78, 5) is 27.6. The third kappa shape index (κ3) is 4.99. The molecule has 8 nitrogen and oxygen atoms in total. The van der Waals surface area contributed by atoms with Crippen molar-refractivity contribution in [2.45, 2.75) is 38.6 Å². The van der Waals surface area contributed by atoms with Crippen LogP contribution in [0.3, 0.4) is 0 Å². The Morgan fingerprint density at radius 2 is 1.80 bits per heavy atom. The van der Waals surface area contributed by atoms with Crippen LogP contribution in [-0.2, 0) is 0 Å². The number of nitrogens with zero attached hydrogens (tertiary/aromatic N) is 4. The minimum Gasteiger partial charge on any atom is -0.339 e. The summed E-state index contributed by atoms with van der Waals surface area (Å²) in [6, 6.07) is 7.43. The quantitative estimate of drug-likeness (QED) is 0.775. The molecule has 162 valence electrons. The molecular formula is C21H29ClN6O2. The Hall–Kier alpha value is -2.45. The van der Waals surface area contributed by atoms with Crippen molar-refractivity contribution in [1.29, 1.82) is 0 Å². The number of anilines is 1. The number of para-hydroxylation sites is 1. The normalized spacial score (nSPS) is 18.0. The predicted molar refractivity (Wildman–Crippen MR) is 117 cm³/mol. The van der Waals surface area contributed by atoms with Crippen LogP contribution in [0.4, 0.5) is 5.69 Å². The summed E-state index contributed by atoms with van der Waals surface area (Å²) < 4.78 is 1.78. The zero-order valence-corrected chi connectivity index (χ0v) is 18.0. The van der Waals surface area contributed by atoms with Gasteiger partial charge in [-0.2, -0.15) is 0 Å². The molecule has 2 N–H and O–H groups in total. The number of halogens is 1. The number of amides is 2. The first kappa shape index (κ1) is 22.2. The van der Waals surface area contributed by atoms with E-state index in [2.05, 4.69) is 27.9 Å². The van der Waals surface area contributed by atoms with Crippen molar-refractivity contribution in [1.82, 2.24) is 25.2 Å². The van der Waals surface area contributed by atoms with Crippen molar-refractivity contribution < 1.29 is 9.59 Å². The fraction of sp³-hybridized carbons (Fsp3) is 0.524. The molecule has 2 amide bonds. The van der Waals surface area contributed by atoms with E-state index < -0.39 is 0 Å². The second kappa shape index (κ2) is 10.0. The van der Waals surface area contributed by atoms with Crippen LogP contribution in [0, 0.1) is 5.92 Å². The van der Waals surface area contributed by atoms with Crippen LogP contribution in [-0.4, -0.2) is 57.9 Å². The van der Waals surface area contributed by atoms with E-state index >= 15 is 0 Å². The number of piperidine rings is 2. The largest absolute Gasteiger partial charge is 0.339 e. The molecule has 0 bridgehead atoms. The fourth-order valence-electron chi connectivity index (χ4n) is 3.98. The van der Waals surface area contributed by atoms with Gasteiger partial charge >= 0.3 is 0 Å². The van der Waals surface area contributed by atoms with E-state index in [1.807, 2.05) is 17.0 Å². The molecule has 1 aromatic heterocycles. The van der Waals surface area contributed by atoms with E-state index in [4.69, 9.17) is 0 Å². The molecule has 0 radical (unpaired) electrons. The predicted octanol–water partition coefficient (Wildman–Crippen LogP) is 2.75. The minimum absolute atomic E-state index is 0. The third-order valence-corrected chi connectivity index (χ3v) is 5.90. The molecule has 2 aliphatic heterocycles. The van der Waals surface area contributed by atoms with E-state index in [-0.39, 0.29) is 36.0 Å². The number of carbonyl (C=O) groups is 2. The Morgan fingerprint density at radius 3 is 2.53 bits per heavy atom. The molecular weight excluding hydrogens is 404 g/mol. The molecule has 4 rings (SSSR count). The number of hydrogen-bond acceptors (Lipinski definition) is 5. The standard InChI is InChI=1S/C21H28N6O2.ClH/c1-15-8-12-26(13-9-15)21(29)17-4-2-3-5-18(17)23-20(28)19-14-27(25-24-19)16-6-10-22-11-7-16;/h2-5,14-16,22H,6-13H2,1H3,(H,23,28);1H. The number of likely N-dealkylation sites (tertiary alicyclic amines) is 1. The highest BCUT2D eigenvalue weighted by Crippen LogP contribution is 2.23. The molecule has 3 heterocycles. The number of aromatic nitrogens is 3. The summed E-state index contributed by atoms with van der Waals surface area (Å²) >= 11 is 0. The van der Waals surface area contributed by atoms with Crippen molar-refractivity contribution in [2.75, 3.05) is 31.5 Å². The Bertz CT molecular complexity index is 872. The van der Waals surface area contributed by atoms with Crippen LogP contribution in [0.1, 0.15) is 59.5 Å². The lowest BCUT2D eigenvalue weighted by molar-refractivity contribution is 0.0698. The minimum atomic E-state index is -0.349. The van der Waals surface area contributed by atoms with Crippen molar-refractivity contribution >= 4 is 29.9 Å². The van der Waals surface area contributed by atoms with Crippen molar-refractivity contribution in [3.8, 4) is 0 Å². The van der Waals surface area contributed by atoms with E-state index in [0.29, 0.717) is 17.2 Å². The molecule has 0 saturated carbocycles. The van der Waals surface area contributed by atoms with Gasteiger partial charge in [0.1, 0.15) is 0 Å². The first-order valence-electron chi connectivity index (χ1n) is 10.4. The van der Waals surface area contributed by atoms with Gasteiger partial charge in [0.05, 0.1) is 23.5 Å². The molecule has 2 fully saturated rings. The fourth-order valence-corrected chi connectivity index (χ4v) is 3.98. The second-order valence-electron chi connectivity index (χ2n) is 8.04. The van der Waals surface area contributed by atoms with Gasteiger partial charge in [-0.3, -0.25) is 9.59 Å². The van der Waals surface area contributed by atoms with Crippen LogP contribution in [0.15, 0.2) is 30.5 Å². The van der Waals surface area contributed by atoms with E-state index in [1.54, 1.807) is 23.0 Å². The molecule has 2 aliphatic rings. The van der Waals surface area contributed by atoms with Crippen LogP contribution in [0.25, 0.3) is 0 Å². The summed E-state index contributed by atoms with van der Waals surface area (Å²) in [6.45, 7) is 5.61. The van der Waals surface area contributed by atoms with Gasteiger partial charge in [0.2, 0.25) is 0 Å². The van der Waals surface area contributed by atoms with Gasteiger partial charge in [0, 0.05) is 13.1 Å². The molecule has 0 aliphatic carbocycles. The second-order valence-corrected chi connectivity index (χ2v) is 8.04. The lowest BCUT2D eigenvalue weighted by Gasteiger charge is -2.30. The first-order chi connectivity index (χ1) is 14.1. The Kier molecular flexibility index (Phi) is 7.44. The third-order valence-electron chi connectivity index (χ3n) is 5.90. The molecule has 0 atom stereocenters. The van der Waals surface area contributed by atoms with Crippen LogP contribution >= 0.6 is 12.4 Å². The van der Waals surface area contributed by atoms with Crippen molar-refractivity contribution in [2.24, 2.45) is 5.92 Å². The molecule has 2 saturated heterocycles. The molecule has 0 spiro atoms. The SMILES string of the molecule is CC1CCN(C(=O)c2ccccc2NC(=O)c2cn(C3CCNCC3)nn2)CC1.Cl. The first-order valence-corrected chi connectivity index (χ1v) is 10.4. The maximum absolute atomic E-state index is 13.0. The van der Waals surface area contributed by atoms with E-state index in [9.17, 15) is 9.59 Å². The van der Waals surface area contributed by atoms with Gasteiger partial charge < -0.3 is 15.5 Å². The van der Waals surface area contributed by atoms with Gasteiger partial charge in [-0.25, -0.2) is 4.68 Å². The van der Waals surface area contributed by atoms with E-state index in [1.165, 1.54) is 0 Å². The number of hydrogen-bond donors (Lipinski definition) is 2. The zero-order valence-electron chi connectivity index (χ0n) is 17.2.